The number of alkyl carbamates (subject to hydrolysis) is 1. The van der Waals surface area contributed by atoms with Gasteiger partial charge in [0.15, 0.2) is 0 Å². The zero-order valence-electron chi connectivity index (χ0n) is 19.4. The summed E-state index contributed by atoms with van der Waals surface area (Å²) in [5.41, 5.74) is 2.44. The number of carbonyl (C=O) groups is 1. The van der Waals surface area contributed by atoms with Crippen molar-refractivity contribution in [3.63, 3.8) is 0 Å². The van der Waals surface area contributed by atoms with Crippen molar-refractivity contribution in [2.24, 2.45) is 5.92 Å². The van der Waals surface area contributed by atoms with E-state index in [-0.39, 0.29) is 24.0 Å². The van der Waals surface area contributed by atoms with Crippen molar-refractivity contribution in [3.8, 4) is 5.69 Å². The zero-order valence-corrected chi connectivity index (χ0v) is 19.4. The van der Waals surface area contributed by atoms with Gasteiger partial charge in [-0.1, -0.05) is 6.42 Å². The highest BCUT2D eigenvalue weighted by Crippen LogP contribution is 2.40. The molecule has 2 unspecified atom stereocenters. The van der Waals surface area contributed by atoms with E-state index < -0.39 is 5.60 Å². The van der Waals surface area contributed by atoms with Gasteiger partial charge in [-0.15, -0.1) is 0 Å². The Bertz CT molecular complexity index is 1150. The number of fused-ring (bicyclic) bond motifs is 1. The first kappa shape index (κ1) is 21.7. The highest BCUT2D eigenvalue weighted by molar-refractivity contribution is 5.84. The zero-order chi connectivity index (χ0) is 23.2. The van der Waals surface area contributed by atoms with E-state index in [4.69, 9.17) is 4.74 Å². The molecule has 2 fully saturated rings. The van der Waals surface area contributed by atoms with Crippen molar-refractivity contribution in [2.75, 3.05) is 11.4 Å². The van der Waals surface area contributed by atoms with Crippen LogP contribution in [0.3, 0.4) is 0 Å². The summed E-state index contributed by atoms with van der Waals surface area (Å²) in [6.07, 6.45) is 6.05. The first-order chi connectivity index (χ1) is 15.8. The Kier molecular flexibility index (Phi) is 5.51. The molecule has 1 saturated heterocycles. The number of ether oxygens (including phenoxy) is 1. The van der Waals surface area contributed by atoms with Crippen molar-refractivity contribution in [1.29, 1.82) is 0 Å². The first-order valence-corrected chi connectivity index (χ1v) is 11.8. The molecule has 33 heavy (non-hydrogen) atoms. The number of halogens is 1. The molecule has 7 heteroatoms. The van der Waals surface area contributed by atoms with Gasteiger partial charge in [0.1, 0.15) is 11.4 Å². The summed E-state index contributed by atoms with van der Waals surface area (Å²) in [5, 5.41) is 8.72. The topological polar surface area (TPSA) is 59.4 Å². The molecule has 174 valence electrons. The number of nitrogens with one attached hydrogen (secondary N) is 1. The molecule has 2 heterocycles. The van der Waals surface area contributed by atoms with Crippen LogP contribution in [0.25, 0.3) is 16.6 Å². The molecule has 3 aromatic rings. The van der Waals surface area contributed by atoms with Crippen molar-refractivity contribution in [2.45, 2.75) is 64.1 Å². The van der Waals surface area contributed by atoms with Gasteiger partial charge in [0.05, 0.1) is 29.5 Å². The number of hydrogen-bond acceptors (Lipinski definition) is 4. The molecule has 0 spiro atoms. The second-order valence-electron chi connectivity index (χ2n) is 10.2. The third-order valence-electron chi connectivity index (χ3n) is 6.74. The Morgan fingerprint density at radius 2 is 1.82 bits per heavy atom. The van der Waals surface area contributed by atoms with Gasteiger partial charge < -0.3 is 15.0 Å². The number of benzene rings is 2. The second-order valence-corrected chi connectivity index (χ2v) is 10.2. The van der Waals surface area contributed by atoms with Gasteiger partial charge in [-0.3, -0.25) is 0 Å². The number of anilines is 1. The van der Waals surface area contributed by atoms with Crippen molar-refractivity contribution in [1.82, 2.24) is 15.1 Å². The lowest BCUT2D eigenvalue weighted by Crippen LogP contribution is -2.51. The average molecular weight is 451 g/mol. The maximum absolute atomic E-state index is 13.3. The molecule has 6 nitrogen and oxygen atoms in total. The minimum Gasteiger partial charge on any atom is -0.444 e. The fourth-order valence-electron chi connectivity index (χ4n) is 5.08. The number of nitrogens with zero attached hydrogens (tertiary/aromatic N) is 3. The highest BCUT2D eigenvalue weighted by atomic mass is 19.1. The van der Waals surface area contributed by atoms with Gasteiger partial charge >= 0.3 is 6.09 Å². The van der Waals surface area contributed by atoms with E-state index in [0.29, 0.717) is 5.92 Å². The van der Waals surface area contributed by atoms with Crippen LogP contribution < -0.4 is 10.2 Å². The van der Waals surface area contributed by atoms with E-state index >= 15 is 0 Å². The Hall–Kier alpha value is -3.09. The van der Waals surface area contributed by atoms with Gasteiger partial charge in [-0.25, -0.2) is 13.9 Å². The molecule has 2 aromatic carbocycles. The molecule has 2 atom stereocenters. The fourth-order valence-corrected chi connectivity index (χ4v) is 5.08. The van der Waals surface area contributed by atoms with Gasteiger partial charge in [0.2, 0.25) is 0 Å². The number of hydrogen-bond donors (Lipinski definition) is 1. The van der Waals surface area contributed by atoms with Crippen LogP contribution in [0.5, 0.6) is 0 Å². The minimum absolute atomic E-state index is 0.0720. The summed E-state index contributed by atoms with van der Waals surface area (Å²) in [7, 11) is 0. The van der Waals surface area contributed by atoms with Crippen molar-refractivity contribution in [3.05, 3.63) is 54.5 Å². The lowest BCUT2D eigenvalue weighted by Gasteiger charge is -2.41. The highest BCUT2D eigenvalue weighted by Gasteiger charge is 2.43. The Morgan fingerprint density at radius 3 is 2.48 bits per heavy atom. The lowest BCUT2D eigenvalue weighted by molar-refractivity contribution is 0.0490. The summed E-state index contributed by atoms with van der Waals surface area (Å²) >= 11 is 0. The summed E-state index contributed by atoms with van der Waals surface area (Å²) in [6, 6.07) is 13.1. The quantitative estimate of drug-likeness (QED) is 0.575. The van der Waals surface area contributed by atoms with Gasteiger partial charge in [0.25, 0.3) is 0 Å². The van der Waals surface area contributed by atoms with Crippen molar-refractivity contribution >= 4 is 22.7 Å². The number of amides is 1. The van der Waals surface area contributed by atoms with Crippen molar-refractivity contribution < 1.29 is 13.9 Å². The molecule has 0 radical (unpaired) electrons. The molecule has 0 bridgehead atoms. The van der Waals surface area contributed by atoms with E-state index in [0.717, 1.165) is 35.2 Å². The molecule has 2 aliphatic rings. The average Bonchev–Trinajstić information content (AvgIpc) is 3.30. The second kappa shape index (κ2) is 8.36. The standard InChI is InChI=1S/C26H31FN4O2/c1-26(2,3)33-25(32)29-22-13-14-30(24(22)17-5-4-6-17)21-11-12-23-18(15-21)16-28-31(23)20-9-7-19(27)8-10-20/h7-12,15-17,22,24H,4-6,13-14H2,1-3H3,(H,29,32). The normalized spacial score (nSPS) is 21.3. The molecule has 5 rings (SSSR count). The molecular formula is C26H31FN4O2. The van der Waals surface area contributed by atoms with E-state index in [2.05, 4.69) is 33.5 Å². The molecule has 1 saturated carbocycles. The summed E-state index contributed by atoms with van der Waals surface area (Å²) in [4.78, 5) is 14.9. The van der Waals surface area contributed by atoms with Crippen LogP contribution in [-0.2, 0) is 4.74 Å². The van der Waals surface area contributed by atoms with Crippen LogP contribution in [0, 0.1) is 11.7 Å². The Labute approximate surface area is 193 Å². The van der Waals surface area contributed by atoms with E-state index in [1.54, 1.807) is 12.1 Å². The predicted molar refractivity (Wildman–Crippen MR) is 127 cm³/mol. The number of carbonyl (C=O) groups excluding carboxylic acids is 1. The third kappa shape index (κ3) is 4.41. The molecule has 1 aliphatic heterocycles. The lowest BCUT2D eigenvalue weighted by atomic mass is 9.77. The minimum atomic E-state index is -0.510. The van der Waals surface area contributed by atoms with Crippen LogP contribution in [0.15, 0.2) is 48.7 Å². The summed E-state index contributed by atoms with van der Waals surface area (Å²) in [5.74, 6) is 0.313. The smallest absolute Gasteiger partial charge is 0.407 e. The van der Waals surface area contributed by atoms with Gasteiger partial charge in [0, 0.05) is 17.6 Å². The maximum atomic E-state index is 13.3. The summed E-state index contributed by atoms with van der Waals surface area (Å²) < 4.78 is 20.7. The van der Waals surface area contributed by atoms with Crippen LogP contribution in [0.2, 0.25) is 0 Å². The van der Waals surface area contributed by atoms with Crippen LogP contribution in [0.4, 0.5) is 14.9 Å². The van der Waals surface area contributed by atoms with E-state index in [1.165, 1.54) is 31.4 Å². The third-order valence-corrected chi connectivity index (χ3v) is 6.74. The molecule has 1 aromatic heterocycles. The maximum Gasteiger partial charge on any atom is 0.407 e. The molecule has 1 amide bonds. The predicted octanol–water partition coefficient (Wildman–Crippen LogP) is 5.44. The fraction of sp³-hybridized carbons (Fsp3) is 0.462. The summed E-state index contributed by atoms with van der Waals surface area (Å²) in [6.45, 7) is 6.55. The number of aromatic nitrogens is 2. The van der Waals surface area contributed by atoms with E-state index in [1.807, 2.05) is 31.6 Å². The largest absolute Gasteiger partial charge is 0.444 e. The van der Waals surface area contributed by atoms with Crippen LogP contribution in [-0.4, -0.2) is 40.1 Å². The molecule has 1 N–H and O–H groups in total. The molecule has 1 aliphatic carbocycles. The SMILES string of the molecule is CC(C)(C)OC(=O)NC1CCN(c2ccc3c(cnn3-c3ccc(F)cc3)c2)C1C1CCC1. The first-order valence-electron chi connectivity index (χ1n) is 11.8. The van der Waals surface area contributed by atoms with Crippen LogP contribution >= 0.6 is 0 Å². The van der Waals surface area contributed by atoms with E-state index in [9.17, 15) is 9.18 Å². The monoisotopic (exact) mass is 450 g/mol. The van der Waals surface area contributed by atoms with Gasteiger partial charge in [-0.05, 0) is 88.4 Å². The van der Waals surface area contributed by atoms with Crippen LogP contribution in [0.1, 0.15) is 46.5 Å². The Morgan fingerprint density at radius 1 is 1.09 bits per heavy atom. The van der Waals surface area contributed by atoms with Gasteiger partial charge in [-0.2, -0.15) is 5.10 Å². The molecular weight excluding hydrogens is 419 g/mol. The Balaban J connectivity index is 1.40. The number of rotatable bonds is 4.